The van der Waals surface area contributed by atoms with Gasteiger partial charge in [0.2, 0.25) is 0 Å². The summed E-state index contributed by atoms with van der Waals surface area (Å²) >= 11 is 0. The van der Waals surface area contributed by atoms with Crippen LogP contribution in [0.25, 0.3) is 0 Å². The van der Waals surface area contributed by atoms with Gasteiger partial charge in [0.15, 0.2) is 0 Å². The normalized spacial score (nSPS) is 13.7. The first-order valence-corrected chi connectivity index (χ1v) is 6.98. The third kappa shape index (κ3) is 4.04. The first-order chi connectivity index (χ1) is 10.2. The Labute approximate surface area is 124 Å². The molecule has 4 N–H and O–H groups in total. The first-order valence-electron chi connectivity index (χ1n) is 6.98. The first kappa shape index (κ1) is 15.5. The van der Waals surface area contributed by atoms with Crippen LogP contribution in [0.1, 0.15) is 11.1 Å². The topological polar surface area (TPSA) is 75.7 Å². The Morgan fingerprint density at radius 1 is 1.00 bits per heavy atom. The summed E-state index contributed by atoms with van der Waals surface area (Å²) in [5.41, 5.74) is 6.29. The molecule has 0 saturated heterocycles. The van der Waals surface area contributed by atoms with Crippen LogP contribution >= 0.6 is 0 Å². The lowest BCUT2D eigenvalue weighted by Gasteiger charge is -2.27. The molecule has 0 aliphatic carbocycles. The molecule has 0 amide bonds. The van der Waals surface area contributed by atoms with Gasteiger partial charge in [0.1, 0.15) is 18.0 Å². The lowest BCUT2D eigenvalue weighted by Crippen LogP contribution is -2.40. The van der Waals surface area contributed by atoms with Gasteiger partial charge in [-0.25, -0.2) is 0 Å². The standard InChI is InChI=1S/C17H21NO3/c18-12-17(20,15-4-2-1-3-5-15)13-21-16-8-6-14(7-9-16)10-11-19/h1-9,19-20H,10-13,18H2. The minimum Gasteiger partial charge on any atom is -0.490 e. The largest absolute Gasteiger partial charge is 0.490 e. The second-order valence-corrected chi connectivity index (χ2v) is 5.01. The summed E-state index contributed by atoms with van der Waals surface area (Å²) in [5, 5.41) is 19.5. The van der Waals surface area contributed by atoms with Crippen LogP contribution in [0, 0.1) is 0 Å². The van der Waals surface area contributed by atoms with Crippen molar-refractivity contribution in [1.29, 1.82) is 0 Å². The summed E-state index contributed by atoms with van der Waals surface area (Å²) in [6, 6.07) is 16.7. The maximum Gasteiger partial charge on any atom is 0.136 e. The molecule has 0 radical (unpaired) electrons. The fraction of sp³-hybridized carbons (Fsp3) is 0.294. The molecule has 0 fully saturated rings. The van der Waals surface area contributed by atoms with E-state index in [1.165, 1.54) is 0 Å². The Balaban J connectivity index is 2.03. The molecule has 2 aromatic carbocycles. The minimum absolute atomic E-state index is 0.0829. The van der Waals surface area contributed by atoms with Crippen LogP contribution in [0.5, 0.6) is 5.75 Å². The Hall–Kier alpha value is -1.88. The van der Waals surface area contributed by atoms with Gasteiger partial charge < -0.3 is 20.7 Å². The van der Waals surface area contributed by atoms with Crippen molar-refractivity contribution in [3.05, 3.63) is 65.7 Å². The Morgan fingerprint density at radius 3 is 2.24 bits per heavy atom. The van der Waals surface area contributed by atoms with Crippen LogP contribution in [0.15, 0.2) is 54.6 Å². The van der Waals surface area contributed by atoms with Crippen LogP contribution in [-0.4, -0.2) is 30.0 Å². The molecule has 112 valence electrons. The van der Waals surface area contributed by atoms with E-state index in [0.29, 0.717) is 12.2 Å². The highest BCUT2D eigenvalue weighted by Gasteiger charge is 2.28. The second-order valence-electron chi connectivity index (χ2n) is 5.01. The van der Waals surface area contributed by atoms with E-state index in [-0.39, 0.29) is 19.8 Å². The van der Waals surface area contributed by atoms with Crippen LogP contribution in [0.2, 0.25) is 0 Å². The van der Waals surface area contributed by atoms with Gasteiger partial charge in [0, 0.05) is 13.2 Å². The molecular formula is C17H21NO3. The third-order valence-corrected chi connectivity index (χ3v) is 3.45. The molecule has 0 aromatic heterocycles. The van der Waals surface area contributed by atoms with Gasteiger partial charge in [0.05, 0.1) is 0 Å². The summed E-state index contributed by atoms with van der Waals surface area (Å²) in [5.74, 6) is 0.666. The number of nitrogens with two attached hydrogens (primary N) is 1. The van der Waals surface area contributed by atoms with E-state index in [4.69, 9.17) is 15.6 Å². The van der Waals surface area contributed by atoms with Gasteiger partial charge in [-0.15, -0.1) is 0 Å². The number of hydrogen-bond acceptors (Lipinski definition) is 4. The smallest absolute Gasteiger partial charge is 0.136 e. The van der Waals surface area contributed by atoms with Crippen LogP contribution in [-0.2, 0) is 12.0 Å². The summed E-state index contributed by atoms with van der Waals surface area (Å²) in [4.78, 5) is 0. The zero-order chi connectivity index (χ0) is 15.1. The van der Waals surface area contributed by atoms with E-state index in [1.54, 1.807) is 0 Å². The van der Waals surface area contributed by atoms with E-state index >= 15 is 0 Å². The zero-order valence-electron chi connectivity index (χ0n) is 11.9. The molecular weight excluding hydrogens is 266 g/mol. The van der Waals surface area contributed by atoms with Crippen molar-refractivity contribution >= 4 is 0 Å². The maximum atomic E-state index is 10.6. The number of aliphatic hydroxyl groups excluding tert-OH is 1. The van der Waals surface area contributed by atoms with E-state index < -0.39 is 5.60 Å². The van der Waals surface area contributed by atoms with E-state index in [9.17, 15) is 5.11 Å². The average Bonchev–Trinajstić information content (AvgIpc) is 2.55. The summed E-state index contributed by atoms with van der Waals surface area (Å²) in [6.45, 7) is 0.299. The van der Waals surface area contributed by atoms with Gasteiger partial charge in [-0.3, -0.25) is 0 Å². The van der Waals surface area contributed by atoms with E-state index in [0.717, 1.165) is 11.1 Å². The highest BCUT2D eigenvalue weighted by atomic mass is 16.5. The van der Waals surface area contributed by atoms with Gasteiger partial charge in [-0.2, -0.15) is 0 Å². The van der Waals surface area contributed by atoms with Gasteiger partial charge in [-0.05, 0) is 29.7 Å². The summed E-state index contributed by atoms with van der Waals surface area (Å²) in [6.07, 6.45) is 0.622. The third-order valence-electron chi connectivity index (χ3n) is 3.45. The molecule has 0 spiro atoms. The molecule has 1 atom stereocenters. The van der Waals surface area contributed by atoms with Crippen molar-refractivity contribution in [2.45, 2.75) is 12.0 Å². The van der Waals surface area contributed by atoms with Gasteiger partial charge in [-0.1, -0.05) is 42.5 Å². The minimum atomic E-state index is -1.20. The number of benzene rings is 2. The van der Waals surface area contributed by atoms with Crippen molar-refractivity contribution in [2.24, 2.45) is 5.73 Å². The molecule has 2 rings (SSSR count). The van der Waals surface area contributed by atoms with Crippen LogP contribution in [0.3, 0.4) is 0 Å². The molecule has 0 heterocycles. The number of aliphatic hydroxyl groups is 2. The molecule has 4 heteroatoms. The molecule has 21 heavy (non-hydrogen) atoms. The van der Waals surface area contributed by atoms with Gasteiger partial charge >= 0.3 is 0 Å². The SMILES string of the molecule is NCC(O)(COc1ccc(CCO)cc1)c1ccccc1. The molecule has 0 aliphatic heterocycles. The van der Waals surface area contributed by atoms with Crippen molar-refractivity contribution in [1.82, 2.24) is 0 Å². The highest BCUT2D eigenvalue weighted by Crippen LogP contribution is 2.22. The Bertz CT molecular complexity index is 542. The number of ether oxygens (including phenoxy) is 1. The fourth-order valence-corrected chi connectivity index (χ4v) is 2.09. The van der Waals surface area contributed by atoms with E-state index in [1.807, 2.05) is 54.6 Å². The lowest BCUT2D eigenvalue weighted by atomic mass is 9.95. The zero-order valence-corrected chi connectivity index (χ0v) is 11.9. The van der Waals surface area contributed by atoms with Crippen LogP contribution in [0.4, 0.5) is 0 Å². The molecule has 1 unspecified atom stereocenters. The Kier molecular flexibility index (Phi) is 5.33. The summed E-state index contributed by atoms with van der Waals surface area (Å²) in [7, 11) is 0. The monoisotopic (exact) mass is 287 g/mol. The summed E-state index contributed by atoms with van der Waals surface area (Å²) < 4.78 is 5.66. The second kappa shape index (κ2) is 7.22. The molecule has 0 aliphatic rings. The molecule has 0 saturated carbocycles. The average molecular weight is 287 g/mol. The van der Waals surface area contributed by atoms with Crippen LogP contribution < -0.4 is 10.5 Å². The highest BCUT2D eigenvalue weighted by molar-refractivity contribution is 5.28. The van der Waals surface area contributed by atoms with Crippen molar-refractivity contribution in [3.8, 4) is 5.75 Å². The Morgan fingerprint density at radius 2 is 1.67 bits per heavy atom. The lowest BCUT2D eigenvalue weighted by molar-refractivity contribution is -0.00145. The van der Waals surface area contributed by atoms with Crippen molar-refractivity contribution in [2.75, 3.05) is 19.8 Å². The molecule has 0 bridgehead atoms. The van der Waals surface area contributed by atoms with Crippen molar-refractivity contribution in [3.63, 3.8) is 0 Å². The molecule has 4 nitrogen and oxygen atoms in total. The van der Waals surface area contributed by atoms with Crippen molar-refractivity contribution < 1.29 is 14.9 Å². The van der Waals surface area contributed by atoms with E-state index in [2.05, 4.69) is 0 Å². The van der Waals surface area contributed by atoms with Gasteiger partial charge in [0.25, 0.3) is 0 Å². The predicted octanol–water partition coefficient (Wildman–Crippen LogP) is 1.45. The fourth-order valence-electron chi connectivity index (χ4n) is 2.09. The number of rotatable bonds is 7. The number of hydrogen-bond donors (Lipinski definition) is 3. The quantitative estimate of drug-likeness (QED) is 0.720. The maximum absolute atomic E-state index is 10.6. The predicted molar refractivity (Wildman–Crippen MR) is 82.1 cm³/mol. The molecule has 2 aromatic rings.